The van der Waals surface area contributed by atoms with E-state index in [-0.39, 0.29) is 19.4 Å². The zero-order valence-electron chi connectivity index (χ0n) is 14.8. The summed E-state index contributed by atoms with van der Waals surface area (Å²) in [5.74, 6) is -2.04. The normalized spacial score (nSPS) is 10.3. The Bertz CT molecular complexity index is 778. The fourth-order valence-corrected chi connectivity index (χ4v) is 2.42. The molecule has 6 nitrogen and oxygen atoms in total. The molecule has 2 aromatic carbocycles. The number of benzene rings is 2. The molecule has 2 amide bonds. The van der Waals surface area contributed by atoms with Crippen LogP contribution >= 0.6 is 0 Å². The predicted molar refractivity (Wildman–Crippen MR) is 98.3 cm³/mol. The van der Waals surface area contributed by atoms with Crippen molar-refractivity contribution in [2.24, 2.45) is 5.73 Å². The lowest BCUT2D eigenvalue weighted by atomic mass is 10.1. The highest BCUT2D eigenvalue weighted by Crippen LogP contribution is 2.16. The van der Waals surface area contributed by atoms with Gasteiger partial charge in [-0.25, -0.2) is 4.39 Å². The number of carbonyl (C=O) groups is 3. The van der Waals surface area contributed by atoms with Crippen molar-refractivity contribution in [3.8, 4) is 0 Å². The Hall–Kier alpha value is -3.22. The Kier molecular flexibility index (Phi) is 7.49. The average Bonchev–Trinajstić information content (AvgIpc) is 2.66. The van der Waals surface area contributed by atoms with Gasteiger partial charge in [0.2, 0.25) is 5.91 Å². The first-order valence-corrected chi connectivity index (χ1v) is 8.49. The molecular weight excluding hydrogens is 351 g/mol. The quantitative estimate of drug-likeness (QED) is 0.684. The number of ether oxygens (including phenoxy) is 1. The zero-order chi connectivity index (χ0) is 19.6. The van der Waals surface area contributed by atoms with Crippen LogP contribution < -0.4 is 10.6 Å². The van der Waals surface area contributed by atoms with E-state index in [4.69, 9.17) is 10.5 Å². The Labute approximate surface area is 156 Å². The number of aryl methyl sites for hydroxylation is 1. The number of nitrogens with zero attached hydrogens (tertiary/aromatic N) is 1. The molecule has 142 valence electrons. The van der Waals surface area contributed by atoms with Gasteiger partial charge in [0, 0.05) is 25.1 Å². The monoisotopic (exact) mass is 372 g/mol. The summed E-state index contributed by atoms with van der Waals surface area (Å²) in [6, 6.07) is 14.7. The van der Waals surface area contributed by atoms with Gasteiger partial charge in [-0.3, -0.25) is 14.4 Å². The number of hydrogen-bond acceptors (Lipinski definition) is 4. The molecule has 0 spiro atoms. The summed E-state index contributed by atoms with van der Waals surface area (Å²) >= 11 is 0. The molecule has 0 aliphatic heterocycles. The third-order valence-corrected chi connectivity index (χ3v) is 3.84. The fourth-order valence-electron chi connectivity index (χ4n) is 2.42. The number of esters is 1. The summed E-state index contributed by atoms with van der Waals surface area (Å²) in [5, 5.41) is 0. The molecule has 0 unspecified atom stereocenters. The average molecular weight is 372 g/mol. The van der Waals surface area contributed by atoms with Crippen molar-refractivity contribution < 1.29 is 23.5 Å². The van der Waals surface area contributed by atoms with Crippen LogP contribution in [0.25, 0.3) is 0 Å². The van der Waals surface area contributed by atoms with Crippen LogP contribution in [-0.4, -0.2) is 30.9 Å². The van der Waals surface area contributed by atoms with Crippen molar-refractivity contribution in [1.29, 1.82) is 0 Å². The number of amides is 2. The molecule has 0 aromatic heterocycles. The summed E-state index contributed by atoms with van der Waals surface area (Å²) in [6.07, 6.45) is 0.595. The number of halogens is 1. The van der Waals surface area contributed by atoms with E-state index in [9.17, 15) is 18.8 Å². The van der Waals surface area contributed by atoms with Crippen molar-refractivity contribution in [3.63, 3.8) is 0 Å². The molecule has 0 radical (unpaired) electrons. The second-order valence-corrected chi connectivity index (χ2v) is 5.88. The van der Waals surface area contributed by atoms with E-state index < -0.39 is 30.2 Å². The first-order chi connectivity index (χ1) is 13.0. The first kappa shape index (κ1) is 20.1. The number of primary amides is 1. The molecule has 0 bridgehead atoms. The Balaban J connectivity index is 1.91. The van der Waals surface area contributed by atoms with Gasteiger partial charge in [0.05, 0.1) is 0 Å². The minimum atomic E-state index is -0.574. The summed E-state index contributed by atoms with van der Waals surface area (Å²) < 4.78 is 18.1. The largest absolute Gasteiger partial charge is 0.456 e. The molecule has 0 aliphatic rings. The molecular formula is C20H21FN2O4. The van der Waals surface area contributed by atoms with Gasteiger partial charge in [-0.05, 0) is 36.2 Å². The van der Waals surface area contributed by atoms with E-state index in [1.807, 2.05) is 30.3 Å². The second kappa shape index (κ2) is 10.1. The van der Waals surface area contributed by atoms with Crippen LogP contribution in [0.15, 0.2) is 54.6 Å². The molecule has 0 fully saturated rings. The number of hydrogen-bond donors (Lipinski definition) is 1. The summed E-state index contributed by atoms with van der Waals surface area (Å²) in [4.78, 5) is 36.6. The molecule has 27 heavy (non-hydrogen) atoms. The highest BCUT2D eigenvalue weighted by Gasteiger charge is 2.18. The third kappa shape index (κ3) is 6.89. The number of rotatable bonds is 9. The highest BCUT2D eigenvalue weighted by molar-refractivity contribution is 5.95. The van der Waals surface area contributed by atoms with E-state index in [1.165, 1.54) is 29.2 Å². The van der Waals surface area contributed by atoms with Gasteiger partial charge in [-0.2, -0.15) is 0 Å². The van der Waals surface area contributed by atoms with E-state index in [0.717, 1.165) is 5.56 Å². The van der Waals surface area contributed by atoms with Gasteiger partial charge in [0.25, 0.3) is 5.91 Å². The SMILES string of the molecule is NC(=O)CCN(C(=O)COC(=O)CCc1ccccc1)c1ccc(F)cc1. The topological polar surface area (TPSA) is 89.7 Å². The Morgan fingerprint density at radius 2 is 1.63 bits per heavy atom. The molecule has 2 N–H and O–H groups in total. The van der Waals surface area contributed by atoms with E-state index >= 15 is 0 Å². The molecule has 2 rings (SSSR count). The maximum absolute atomic E-state index is 13.1. The van der Waals surface area contributed by atoms with Gasteiger partial charge >= 0.3 is 5.97 Å². The van der Waals surface area contributed by atoms with Crippen molar-refractivity contribution in [3.05, 3.63) is 66.0 Å². The molecule has 0 atom stereocenters. The smallest absolute Gasteiger partial charge is 0.306 e. The zero-order valence-corrected chi connectivity index (χ0v) is 14.8. The summed E-state index contributed by atoms with van der Waals surface area (Å²) in [7, 11) is 0. The van der Waals surface area contributed by atoms with E-state index in [1.54, 1.807) is 0 Å². The van der Waals surface area contributed by atoms with Gasteiger partial charge in [-0.15, -0.1) is 0 Å². The van der Waals surface area contributed by atoms with Gasteiger partial charge in [0.1, 0.15) is 5.82 Å². The van der Waals surface area contributed by atoms with Crippen LogP contribution in [0.1, 0.15) is 18.4 Å². The van der Waals surface area contributed by atoms with Crippen LogP contribution in [0.3, 0.4) is 0 Å². The van der Waals surface area contributed by atoms with Crippen LogP contribution in [-0.2, 0) is 25.5 Å². The summed E-state index contributed by atoms with van der Waals surface area (Å²) in [6.45, 7) is -0.453. The minimum absolute atomic E-state index is 0.0152. The number of anilines is 1. The van der Waals surface area contributed by atoms with Crippen molar-refractivity contribution in [2.75, 3.05) is 18.1 Å². The first-order valence-electron chi connectivity index (χ1n) is 8.49. The fraction of sp³-hybridized carbons (Fsp3) is 0.250. The van der Waals surface area contributed by atoms with E-state index in [2.05, 4.69) is 0 Å². The molecule has 0 saturated carbocycles. The maximum atomic E-state index is 13.1. The molecule has 0 aliphatic carbocycles. The Morgan fingerprint density at radius 1 is 0.963 bits per heavy atom. The van der Waals surface area contributed by atoms with Gasteiger partial charge in [-0.1, -0.05) is 30.3 Å². The number of carbonyl (C=O) groups excluding carboxylic acids is 3. The maximum Gasteiger partial charge on any atom is 0.306 e. The lowest BCUT2D eigenvalue weighted by Crippen LogP contribution is -2.37. The molecule has 0 saturated heterocycles. The lowest BCUT2D eigenvalue weighted by Gasteiger charge is -2.22. The van der Waals surface area contributed by atoms with Crippen molar-refractivity contribution in [1.82, 2.24) is 0 Å². The molecule has 0 heterocycles. The minimum Gasteiger partial charge on any atom is -0.456 e. The Morgan fingerprint density at radius 3 is 2.26 bits per heavy atom. The van der Waals surface area contributed by atoms with Crippen LogP contribution in [0.2, 0.25) is 0 Å². The lowest BCUT2D eigenvalue weighted by molar-refractivity contribution is -0.147. The summed E-state index contributed by atoms with van der Waals surface area (Å²) in [5.41, 5.74) is 6.53. The highest BCUT2D eigenvalue weighted by atomic mass is 19.1. The van der Waals surface area contributed by atoms with Crippen molar-refractivity contribution >= 4 is 23.5 Å². The molecule has 7 heteroatoms. The standard InChI is InChI=1S/C20H21FN2O4/c21-16-7-9-17(10-8-16)23(13-12-18(22)24)19(25)14-27-20(26)11-6-15-4-2-1-3-5-15/h1-5,7-10H,6,11-14H2,(H2,22,24). The molecule has 2 aromatic rings. The van der Waals surface area contributed by atoms with Gasteiger partial charge in [0.15, 0.2) is 6.61 Å². The van der Waals surface area contributed by atoms with Crippen molar-refractivity contribution in [2.45, 2.75) is 19.3 Å². The second-order valence-electron chi connectivity index (χ2n) is 5.88. The van der Waals surface area contributed by atoms with Crippen LogP contribution in [0.5, 0.6) is 0 Å². The van der Waals surface area contributed by atoms with Crippen LogP contribution in [0, 0.1) is 5.82 Å². The van der Waals surface area contributed by atoms with Gasteiger partial charge < -0.3 is 15.4 Å². The third-order valence-electron chi connectivity index (χ3n) is 3.84. The predicted octanol–water partition coefficient (Wildman–Crippen LogP) is 2.21. The number of nitrogens with two attached hydrogens (primary N) is 1. The van der Waals surface area contributed by atoms with E-state index in [0.29, 0.717) is 12.1 Å². The van der Waals surface area contributed by atoms with Crippen LogP contribution in [0.4, 0.5) is 10.1 Å².